The Morgan fingerprint density at radius 1 is 1.41 bits per heavy atom. The lowest BCUT2D eigenvalue weighted by molar-refractivity contribution is 0.423. The van der Waals surface area contributed by atoms with Gasteiger partial charge < -0.3 is 9.88 Å². The van der Waals surface area contributed by atoms with Crippen molar-refractivity contribution in [1.29, 1.82) is 0 Å². The minimum atomic E-state index is 0.127. The van der Waals surface area contributed by atoms with E-state index in [4.69, 9.17) is 4.98 Å². The van der Waals surface area contributed by atoms with Gasteiger partial charge in [-0.2, -0.15) is 0 Å². The Morgan fingerprint density at radius 2 is 2.23 bits per heavy atom. The van der Waals surface area contributed by atoms with Gasteiger partial charge in [-0.15, -0.1) is 11.3 Å². The highest BCUT2D eigenvalue weighted by molar-refractivity contribution is 7.09. The number of aromatic nitrogens is 3. The molecule has 3 heterocycles. The molecule has 0 amide bonds. The van der Waals surface area contributed by atoms with Crippen LogP contribution in [-0.4, -0.2) is 21.1 Å². The molecule has 4 nitrogen and oxygen atoms in total. The Labute approximate surface area is 137 Å². The maximum absolute atomic E-state index is 4.95. The van der Waals surface area contributed by atoms with E-state index in [-0.39, 0.29) is 5.41 Å². The predicted molar refractivity (Wildman–Crippen MR) is 91.5 cm³/mol. The smallest absolute Gasteiger partial charge is 0.113 e. The van der Waals surface area contributed by atoms with Crippen LogP contribution in [-0.2, 0) is 18.5 Å². The highest BCUT2D eigenvalue weighted by atomic mass is 32.1. The molecule has 0 saturated heterocycles. The fraction of sp³-hybridized carbons (Fsp3) is 0.647. The SMILES string of the molecule is Cc1ncsc1CNCC1CCCn2cc(C(C)(C)C)nc21. The Balaban J connectivity index is 1.67. The average Bonchev–Trinajstić information content (AvgIpc) is 3.05. The van der Waals surface area contributed by atoms with Gasteiger partial charge in [-0.3, -0.25) is 0 Å². The number of hydrogen-bond acceptors (Lipinski definition) is 4. The summed E-state index contributed by atoms with van der Waals surface area (Å²) < 4.78 is 2.37. The zero-order valence-electron chi connectivity index (χ0n) is 14.0. The highest BCUT2D eigenvalue weighted by Crippen LogP contribution is 2.30. The number of hydrogen-bond donors (Lipinski definition) is 1. The van der Waals surface area contributed by atoms with Gasteiger partial charge in [0, 0.05) is 42.0 Å². The molecule has 2 aromatic heterocycles. The Bertz CT molecular complexity index is 635. The van der Waals surface area contributed by atoms with Gasteiger partial charge in [0.25, 0.3) is 0 Å². The van der Waals surface area contributed by atoms with Crippen LogP contribution >= 0.6 is 11.3 Å². The van der Waals surface area contributed by atoms with Crippen molar-refractivity contribution in [2.45, 2.75) is 65.0 Å². The van der Waals surface area contributed by atoms with E-state index in [9.17, 15) is 0 Å². The van der Waals surface area contributed by atoms with Gasteiger partial charge in [0.2, 0.25) is 0 Å². The number of imidazole rings is 1. The Morgan fingerprint density at radius 3 is 2.91 bits per heavy atom. The highest BCUT2D eigenvalue weighted by Gasteiger charge is 2.26. The first kappa shape index (κ1) is 15.7. The molecule has 120 valence electrons. The molecular formula is C17H26N4S. The van der Waals surface area contributed by atoms with Crippen molar-refractivity contribution in [3.8, 4) is 0 Å². The molecule has 1 atom stereocenters. The lowest BCUT2D eigenvalue weighted by Crippen LogP contribution is -2.26. The van der Waals surface area contributed by atoms with E-state index in [1.54, 1.807) is 11.3 Å². The van der Waals surface area contributed by atoms with Crippen molar-refractivity contribution < 1.29 is 0 Å². The summed E-state index contributed by atoms with van der Waals surface area (Å²) in [4.78, 5) is 10.6. The van der Waals surface area contributed by atoms with Crippen LogP contribution in [0.4, 0.5) is 0 Å². The first-order valence-electron chi connectivity index (χ1n) is 8.12. The van der Waals surface area contributed by atoms with Gasteiger partial charge >= 0.3 is 0 Å². The summed E-state index contributed by atoms with van der Waals surface area (Å²) in [6.45, 7) is 11.8. The summed E-state index contributed by atoms with van der Waals surface area (Å²) in [6.07, 6.45) is 4.74. The van der Waals surface area contributed by atoms with E-state index in [0.717, 1.165) is 25.3 Å². The molecule has 0 aromatic carbocycles. The van der Waals surface area contributed by atoms with Crippen LogP contribution in [0.25, 0.3) is 0 Å². The van der Waals surface area contributed by atoms with E-state index < -0.39 is 0 Å². The third-order valence-electron chi connectivity index (χ3n) is 4.41. The molecule has 0 spiro atoms. The molecule has 0 bridgehead atoms. The molecule has 5 heteroatoms. The normalized spacial score (nSPS) is 18.5. The summed E-state index contributed by atoms with van der Waals surface area (Å²) in [5.41, 5.74) is 4.42. The molecule has 0 fully saturated rings. The predicted octanol–water partition coefficient (Wildman–Crippen LogP) is 3.61. The van der Waals surface area contributed by atoms with E-state index >= 15 is 0 Å². The third kappa shape index (κ3) is 3.25. The van der Waals surface area contributed by atoms with Crippen LogP contribution in [0.5, 0.6) is 0 Å². The second-order valence-electron chi connectivity index (χ2n) is 7.26. The molecule has 22 heavy (non-hydrogen) atoms. The summed E-state index contributed by atoms with van der Waals surface area (Å²) in [6, 6.07) is 0. The van der Waals surface area contributed by atoms with Crippen LogP contribution in [0.1, 0.15) is 61.6 Å². The number of nitrogens with one attached hydrogen (secondary N) is 1. The largest absolute Gasteiger partial charge is 0.334 e. The molecule has 2 aromatic rings. The van der Waals surface area contributed by atoms with Gasteiger partial charge in [-0.1, -0.05) is 20.8 Å². The van der Waals surface area contributed by atoms with Crippen molar-refractivity contribution in [1.82, 2.24) is 19.9 Å². The summed E-state index contributed by atoms with van der Waals surface area (Å²) in [7, 11) is 0. The molecule has 1 N–H and O–H groups in total. The zero-order chi connectivity index (χ0) is 15.7. The summed E-state index contributed by atoms with van der Waals surface area (Å²) in [5.74, 6) is 1.79. The number of thiazole rings is 1. The van der Waals surface area contributed by atoms with Crippen molar-refractivity contribution in [3.63, 3.8) is 0 Å². The lowest BCUT2D eigenvalue weighted by atomic mass is 9.93. The van der Waals surface area contributed by atoms with Gasteiger partial charge in [-0.05, 0) is 19.8 Å². The van der Waals surface area contributed by atoms with Crippen molar-refractivity contribution in [2.24, 2.45) is 0 Å². The van der Waals surface area contributed by atoms with E-state index in [2.05, 4.69) is 48.8 Å². The number of rotatable bonds is 4. The zero-order valence-corrected chi connectivity index (χ0v) is 14.8. The number of aryl methyl sites for hydroxylation is 2. The van der Waals surface area contributed by atoms with Crippen molar-refractivity contribution in [3.05, 3.63) is 33.8 Å². The molecule has 1 aliphatic rings. The van der Waals surface area contributed by atoms with Crippen LogP contribution < -0.4 is 5.32 Å². The molecule has 1 unspecified atom stereocenters. The summed E-state index contributed by atoms with van der Waals surface area (Å²) >= 11 is 1.73. The van der Waals surface area contributed by atoms with E-state index in [1.165, 1.54) is 29.2 Å². The molecule has 3 rings (SSSR count). The van der Waals surface area contributed by atoms with Gasteiger partial charge in [0.05, 0.1) is 16.9 Å². The molecule has 1 aliphatic heterocycles. The average molecular weight is 318 g/mol. The van der Waals surface area contributed by atoms with E-state index in [1.807, 2.05) is 5.51 Å². The number of nitrogens with zero attached hydrogens (tertiary/aromatic N) is 3. The van der Waals surface area contributed by atoms with Gasteiger partial charge in [0.15, 0.2) is 0 Å². The maximum atomic E-state index is 4.95. The molecule has 0 saturated carbocycles. The Hall–Kier alpha value is -1.20. The van der Waals surface area contributed by atoms with Crippen LogP contribution in [0.2, 0.25) is 0 Å². The lowest BCUT2D eigenvalue weighted by Gasteiger charge is -2.23. The van der Waals surface area contributed by atoms with Crippen LogP contribution in [0, 0.1) is 6.92 Å². The second-order valence-corrected chi connectivity index (χ2v) is 8.20. The number of fused-ring (bicyclic) bond motifs is 1. The topological polar surface area (TPSA) is 42.7 Å². The minimum absolute atomic E-state index is 0.127. The first-order chi connectivity index (χ1) is 10.4. The molecular weight excluding hydrogens is 292 g/mol. The van der Waals surface area contributed by atoms with Crippen LogP contribution in [0.3, 0.4) is 0 Å². The fourth-order valence-electron chi connectivity index (χ4n) is 2.98. The van der Waals surface area contributed by atoms with E-state index in [0.29, 0.717) is 5.92 Å². The van der Waals surface area contributed by atoms with Crippen LogP contribution in [0.15, 0.2) is 11.7 Å². The third-order valence-corrected chi connectivity index (χ3v) is 5.35. The van der Waals surface area contributed by atoms with Crippen molar-refractivity contribution in [2.75, 3.05) is 6.54 Å². The van der Waals surface area contributed by atoms with Gasteiger partial charge in [-0.25, -0.2) is 9.97 Å². The fourth-order valence-corrected chi connectivity index (χ4v) is 3.73. The maximum Gasteiger partial charge on any atom is 0.113 e. The van der Waals surface area contributed by atoms with Crippen molar-refractivity contribution >= 4 is 11.3 Å². The van der Waals surface area contributed by atoms with Gasteiger partial charge in [0.1, 0.15) is 5.82 Å². The Kier molecular flexibility index (Phi) is 4.37. The molecule has 0 aliphatic carbocycles. The molecule has 0 radical (unpaired) electrons. The summed E-state index contributed by atoms with van der Waals surface area (Å²) in [5, 5.41) is 3.60. The standard InChI is InChI=1S/C17H26N4S/c1-12-14(22-11-19-12)9-18-8-13-6-5-7-21-10-15(17(2,3)4)20-16(13)21/h10-11,13,18H,5-9H2,1-4H3. The quantitative estimate of drug-likeness (QED) is 0.936. The first-order valence-corrected chi connectivity index (χ1v) is 9.00. The monoisotopic (exact) mass is 318 g/mol. The second kappa shape index (κ2) is 6.13. The minimum Gasteiger partial charge on any atom is -0.334 e.